The highest BCUT2D eigenvalue weighted by Crippen LogP contribution is 2.42. The number of nitrogens with one attached hydrogen (secondary N) is 1. The van der Waals surface area contributed by atoms with Crippen molar-refractivity contribution in [1.29, 1.82) is 0 Å². The van der Waals surface area contributed by atoms with Crippen LogP contribution in [0.25, 0.3) is 11.1 Å². The number of carbonyl (C=O) groups is 1. The summed E-state index contributed by atoms with van der Waals surface area (Å²) in [6.45, 7) is 5.62. The van der Waals surface area contributed by atoms with Crippen LogP contribution in [0.15, 0.2) is 21.5 Å². The van der Waals surface area contributed by atoms with Crippen LogP contribution in [0, 0.1) is 20.8 Å². The van der Waals surface area contributed by atoms with E-state index < -0.39 is 0 Å². The molecule has 1 aliphatic rings. The van der Waals surface area contributed by atoms with E-state index in [9.17, 15) is 14.7 Å². The number of benzene rings is 1. The minimum Gasteiger partial charge on any atom is -0.388 e. The molecule has 162 valence electrons. The number of hydrogen-bond acceptors (Lipinski definition) is 5. The fraction of sp³-hybridized carbons (Fsp3) is 0.318. The monoisotopic (exact) mass is 461 g/mol. The molecule has 0 spiro atoms. The third kappa shape index (κ3) is 3.67. The molecule has 9 heteroatoms. The quantitative estimate of drug-likeness (QED) is 0.612. The maximum atomic E-state index is 13.4. The molecule has 1 aliphatic heterocycles. The van der Waals surface area contributed by atoms with Crippen LogP contribution in [-0.4, -0.2) is 32.6 Å². The summed E-state index contributed by atoms with van der Waals surface area (Å²) in [6.07, 6.45) is 0.512. The Balaban J connectivity index is 1.79. The third-order valence-corrected chi connectivity index (χ3v) is 6.37. The van der Waals surface area contributed by atoms with E-state index in [1.54, 1.807) is 17.9 Å². The number of aryl methyl sites for hydroxylation is 3. The van der Waals surface area contributed by atoms with Crippen molar-refractivity contribution in [2.75, 3.05) is 6.54 Å². The SMILES string of the molecule is Cc1cc(C)c(CN2CCc3c(Cl)cc(-c4c(C)noc4CO)c(Cl)c3C2=O)c(=O)[nH]1. The second-order valence-corrected chi connectivity index (χ2v) is 8.50. The van der Waals surface area contributed by atoms with Gasteiger partial charge < -0.3 is 19.5 Å². The second kappa shape index (κ2) is 8.15. The van der Waals surface area contributed by atoms with Crippen molar-refractivity contribution in [3.63, 3.8) is 0 Å². The van der Waals surface area contributed by atoms with Gasteiger partial charge >= 0.3 is 0 Å². The smallest absolute Gasteiger partial charge is 0.256 e. The summed E-state index contributed by atoms with van der Waals surface area (Å²) in [5.74, 6) is -0.0497. The molecular weight excluding hydrogens is 441 g/mol. The Morgan fingerprint density at radius 3 is 2.61 bits per heavy atom. The van der Waals surface area contributed by atoms with Crippen molar-refractivity contribution in [2.45, 2.75) is 40.3 Å². The first kappa shape index (κ1) is 21.6. The van der Waals surface area contributed by atoms with E-state index in [1.807, 2.05) is 19.9 Å². The first-order valence-electron chi connectivity index (χ1n) is 9.78. The normalized spacial score (nSPS) is 13.6. The fourth-order valence-electron chi connectivity index (χ4n) is 4.11. The molecule has 0 fully saturated rings. The number of pyridine rings is 1. The van der Waals surface area contributed by atoms with Crippen LogP contribution >= 0.6 is 23.2 Å². The van der Waals surface area contributed by atoms with Gasteiger partial charge in [0.15, 0.2) is 5.76 Å². The van der Waals surface area contributed by atoms with Crippen LogP contribution in [0.5, 0.6) is 0 Å². The van der Waals surface area contributed by atoms with Crippen LogP contribution in [-0.2, 0) is 19.6 Å². The summed E-state index contributed by atoms with van der Waals surface area (Å²) in [6, 6.07) is 3.56. The molecule has 3 heterocycles. The van der Waals surface area contributed by atoms with E-state index in [0.29, 0.717) is 51.5 Å². The molecule has 1 amide bonds. The van der Waals surface area contributed by atoms with Gasteiger partial charge in [0.25, 0.3) is 11.5 Å². The van der Waals surface area contributed by atoms with Gasteiger partial charge in [-0.15, -0.1) is 0 Å². The molecule has 4 rings (SSSR count). The van der Waals surface area contributed by atoms with E-state index in [-0.39, 0.29) is 35.4 Å². The maximum absolute atomic E-state index is 13.4. The van der Waals surface area contributed by atoms with Gasteiger partial charge in [-0.05, 0) is 50.5 Å². The summed E-state index contributed by atoms with van der Waals surface area (Å²) in [4.78, 5) is 30.3. The van der Waals surface area contributed by atoms with Crippen molar-refractivity contribution in [1.82, 2.24) is 15.0 Å². The van der Waals surface area contributed by atoms with E-state index in [1.165, 1.54) is 0 Å². The lowest BCUT2D eigenvalue weighted by atomic mass is 9.92. The third-order valence-electron chi connectivity index (χ3n) is 5.64. The van der Waals surface area contributed by atoms with Crippen LogP contribution in [0.4, 0.5) is 0 Å². The number of aliphatic hydroxyl groups excluding tert-OH is 1. The van der Waals surface area contributed by atoms with Crippen LogP contribution in [0.3, 0.4) is 0 Å². The number of amides is 1. The lowest BCUT2D eigenvalue weighted by Gasteiger charge is -2.30. The number of aromatic amines is 1. The molecule has 0 saturated carbocycles. The Morgan fingerprint density at radius 1 is 1.19 bits per heavy atom. The summed E-state index contributed by atoms with van der Waals surface area (Å²) < 4.78 is 5.17. The fourth-order valence-corrected chi connectivity index (χ4v) is 4.75. The summed E-state index contributed by atoms with van der Waals surface area (Å²) in [5.41, 5.74) is 4.44. The number of nitrogens with zero attached hydrogens (tertiary/aromatic N) is 2. The predicted molar refractivity (Wildman–Crippen MR) is 118 cm³/mol. The molecule has 0 bridgehead atoms. The molecule has 0 unspecified atom stereocenters. The highest BCUT2D eigenvalue weighted by Gasteiger charge is 2.32. The lowest BCUT2D eigenvalue weighted by Crippen LogP contribution is -2.39. The van der Waals surface area contributed by atoms with Gasteiger partial charge in [-0.1, -0.05) is 28.4 Å². The zero-order valence-corrected chi connectivity index (χ0v) is 18.8. The molecule has 3 aromatic rings. The largest absolute Gasteiger partial charge is 0.388 e. The van der Waals surface area contributed by atoms with Gasteiger partial charge in [-0.25, -0.2) is 0 Å². The molecule has 0 aliphatic carbocycles. The first-order chi connectivity index (χ1) is 14.7. The van der Waals surface area contributed by atoms with Gasteiger partial charge in [0.1, 0.15) is 6.61 Å². The second-order valence-electron chi connectivity index (χ2n) is 7.72. The maximum Gasteiger partial charge on any atom is 0.256 e. The van der Waals surface area contributed by atoms with E-state index >= 15 is 0 Å². The number of carbonyl (C=O) groups excluding carboxylic acids is 1. The van der Waals surface area contributed by atoms with Gasteiger partial charge in [-0.3, -0.25) is 9.59 Å². The Hall–Kier alpha value is -2.61. The molecule has 0 radical (unpaired) electrons. The van der Waals surface area contributed by atoms with E-state index in [4.69, 9.17) is 27.7 Å². The lowest BCUT2D eigenvalue weighted by molar-refractivity contribution is 0.0726. The number of fused-ring (bicyclic) bond motifs is 1. The van der Waals surface area contributed by atoms with Crippen molar-refractivity contribution in [2.24, 2.45) is 0 Å². The standard InChI is InChI=1S/C22H21Cl2N3O4/c1-10-6-11(2)25-21(29)15(10)8-27-5-4-13-16(23)7-14(20(24)19(13)22(27)30)18-12(3)26-31-17(18)9-28/h6-7,28H,4-5,8-9H2,1-3H3,(H,25,29). The van der Waals surface area contributed by atoms with Gasteiger partial charge in [0.2, 0.25) is 0 Å². The van der Waals surface area contributed by atoms with E-state index in [2.05, 4.69) is 10.1 Å². The van der Waals surface area contributed by atoms with Crippen molar-refractivity contribution in [3.8, 4) is 11.1 Å². The number of halogens is 2. The van der Waals surface area contributed by atoms with Crippen molar-refractivity contribution < 1.29 is 14.4 Å². The van der Waals surface area contributed by atoms with Gasteiger partial charge in [0, 0.05) is 28.4 Å². The summed E-state index contributed by atoms with van der Waals surface area (Å²) in [7, 11) is 0. The zero-order chi connectivity index (χ0) is 22.4. The zero-order valence-electron chi connectivity index (χ0n) is 17.3. The Morgan fingerprint density at radius 2 is 1.94 bits per heavy atom. The summed E-state index contributed by atoms with van der Waals surface area (Å²) >= 11 is 13.2. The minimum atomic E-state index is -0.364. The summed E-state index contributed by atoms with van der Waals surface area (Å²) in [5, 5.41) is 14.1. The number of rotatable bonds is 4. The molecule has 2 N–H and O–H groups in total. The van der Waals surface area contributed by atoms with Crippen LogP contribution < -0.4 is 5.56 Å². The molecule has 0 saturated heterocycles. The first-order valence-corrected chi connectivity index (χ1v) is 10.5. The highest BCUT2D eigenvalue weighted by atomic mass is 35.5. The minimum absolute atomic E-state index is 0.173. The molecule has 31 heavy (non-hydrogen) atoms. The van der Waals surface area contributed by atoms with Crippen molar-refractivity contribution in [3.05, 3.63) is 71.9 Å². The number of H-pyrrole nitrogens is 1. The number of hydrogen-bond donors (Lipinski definition) is 2. The molecule has 2 aromatic heterocycles. The highest BCUT2D eigenvalue weighted by molar-refractivity contribution is 6.39. The Kier molecular flexibility index (Phi) is 5.68. The predicted octanol–water partition coefficient (Wildman–Crippen LogP) is 3.95. The number of aliphatic hydroxyl groups is 1. The Bertz CT molecular complexity index is 1260. The van der Waals surface area contributed by atoms with E-state index in [0.717, 1.165) is 11.3 Å². The Labute approximate surface area is 188 Å². The van der Waals surface area contributed by atoms with Crippen molar-refractivity contribution >= 4 is 29.1 Å². The average Bonchev–Trinajstić information content (AvgIpc) is 3.08. The van der Waals surface area contributed by atoms with Gasteiger partial charge in [0.05, 0.1) is 28.4 Å². The molecular formula is C22H21Cl2N3O4. The molecule has 0 atom stereocenters. The number of aromatic nitrogens is 2. The van der Waals surface area contributed by atoms with Crippen LogP contribution in [0.1, 0.15) is 44.2 Å². The topological polar surface area (TPSA) is 99.4 Å². The molecule has 1 aromatic carbocycles. The average molecular weight is 462 g/mol. The molecule has 7 nitrogen and oxygen atoms in total. The van der Waals surface area contributed by atoms with Crippen LogP contribution in [0.2, 0.25) is 10.0 Å². The van der Waals surface area contributed by atoms with Gasteiger partial charge in [-0.2, -0.15) is 0 Å².